The summed E-state index contributed by atoms with van der Waals surface area (Å²) in [6, 6.07) is 7.57. The molecule has 3 aromatic heterocycles. The summed E-state index contributed by atoms with van der Waals surface area (Å²) in [4.78, 5) is 20.8. The minimum atomic E-state index is -0.0160. The molecule has 0 fully saturated rings. The Labute approximate surface area is 187 Å². The quantitative estimate of drug-likeness (QED) is 0.308. The second-order valence-corrected chi connectivity index (χ2v) is 9.38. The Morgan fingerprint density at radius 1 is 1.19 bits per heavy atom. The summed E-state index contributed by atoms with van der Waals surface area (Å²) in [7, 11) is 0. The predicted octanol–water partition coefficient (Wildman–Crippen LogP) is 4.71. The molecule has 1 aliphatic rings. The first kappa shape index (κ1) is 20.3. The lowest BCUT2D eigenvalue weighted by Crippen LogP contribution is -2.22. The van der Waals surface area contributed by atoms with Crippen LogP contribution in [0.2, 0.25) is 0 Å². The summed E-state index contributed by atoms with van der Waals surface area (Å²) in [5, 5.41) is 9.35. The zero-order chi connectivity index (χ0) is 21.4. The molecule has 1 aromatic carbocycles. The van der Waals surface area contributed by atoms with Crippen LogP contribution in [-0.2, 0) is 18.6 Å². The van der Waals surface area contributed by atoms with Gasteiger partial charge in [0.1, 0.15) is 10.6 Å². The van der Waals surface area contributed by atoms with Crippen LogP contribution in [0.25, 0.3) is 15.9 Å². The Morgan fingerprint density at radius 2 is 2.00 bits per heavy atom. The van der Waals surface area contributed by atoms with E-state index in [-0.39, 0.29) is 5.56 Å². The number of thioether (sulfide) groups is 1. The number of thiophene rings is 1. The van der Waals surface area contributed by atoms with Crippen LogP contribution in [-0.4, -0.2) is 26.4 Å². The molecule has 3 heterocycles. The smallest absolute Gasteiger partial charge is 0.267 e. The van der Waals surface area contributed by atoms with E-state index in [1.54, 1.807) is 22.8 Å². The number of nitrogens with zero attached hydrogens (tertiary/aromatic N) is 4. The van der Waals surface area contributed by atoms with Gasteiger partial charge in [0.25, 0.3) is 5.56 Å². The Bertz CT molecular complexity index is 1290. The molecule has 31 heavy (non-hydrogen) atoms. The second kappa shape index (κ2) is 8.47. The molecule has 0 N–H and O–H groups in total. The van der Waals surface area contributed by atoms with Gasteiger partial charge in [-0.1, -0.05) is 11.8 Å². The van der Waals surface area contributed by atoms with Crippen LogP contribution in [0.5, 0.6) is 5.75 Å². The largest absolute Gasteiger partial charge is 0.494 e. The van der Waals surface area contributed by atoms with Crippen LogP contribution in [0.15, 0.2) is 38.6 Å². The zero-order valence-corrected chi connectivity index (χ0v) is 19.0. The maximum atomic E-state index is 13.7. The molecule has 0 radical (unpaired) electrons. The molecule has 0 atom stereocenters. The van der Waals surface area contributed by atoms with E-state index < -0.39 is 0 Å². The summed E-state index contributed by atoms with van der Waals surface area (Å²) in [5.41, 5.74) is 1.94. The van der Waals surface area contributed by atoms with Crippen molar-refractivity contribution in [2.45, 2.75) is 50.4 Å². The van der Waals surface area contributed by atoms with Gasteiger partial charge in [0, 0.05) is 11.8 Å². The van der Waals surface area contributed by atoms with Gasteiger partial charge in [0.05, 0.1) is 23.4 Å². The van der Waals surface area contributed by atoms with Gasteiger partial charge < -0.3 is 9.15 Å². The van der Waals surface area contributed by atoms with E-state index in [0.29, 0.717) is 29.3 Å². The first-order chi connectivity index (χ1) is 15.1. The van der Waals surface area contributed by atoms with E-state index in [2.05, 4.69) is 10.2 Å². The molecule has 0 spiro atoms. The summed E-state index contributed by atoms with van der Waals surface area (Å²) in [6.07, 6.45) is 4.27. The highest BCUT2D eigenvalue weighted by atomic mass is 32.2. The molecule has 1 aliphatic carbocycles. The van der Waals surface area contributed by atoms with Crippen molar-refractivity contribution in [1.82, 2.24) is 19.7 Å². The monoisotopic (exact) mass is 454 g/mol. The third kappa shape index (κ3) is 3.87. The maximum absolute atomic E-state index is 13.7. The number of hydrogen-bond acceptors (Lipinski definition) is 8. The molecule has 0 saturated heterocycles. The molecule has 160 valence electrons. The van der Waals surface area contributed by atoms with Crippen LogP contribution in [0, 0.1) is 6.92 Å². The topological polar surface area (TPSA) is 83.0 Å². The Hall–Kier alpha value is -2.65. The van der Waals surface area contributed by atoms with Gasteiger partial charge in [-0.2, -0.15) is 0 Å². The summed E-state index contributed by atoms with van der Waals surface area (Å²) in [5.74, 6) is 2.26. The van der Waals surface area contributed by atoms with Crippen molar-refractivity contribution in [1.29, 1.82) is 0 Å². The van der Waals surface area contributed by atoms with Crippen molar-refractivity contribution in [2.24, 2.45) is 0 Å². The lowest BCUT2D eigenvalue weighted by atomic mass is 9.97. The average molecular weight is 455 g/mol. The van der Waals surface area contributed by atoms with Gasteiger partial charge in [-0.3, -0.25) is 9.36 Å². The summed E-state index contributed by atoms with van der Waals surface area (Å²) >= 11 is 3.09. The molecule has 0 unspecified atom stereocenters. The summed E-state index contributed by atoms with van der Waals surface area (Å²) in [6.45, 7) is 4.31. The lowest BCUT2D eigenvalue weighted by Gasteiger charge is -2.14. The van der Waals surface area contributed by atoms with Crippen molar-refractivity contribution in [3.05, 3.63) is 56.8 Å². The van der Waals surface area contributed by atoms with E-state index in [0.717, 1.165) is 40.9 Å². The number of aromatic nitrogens is 4. The van der Waals surface area contributed by atoms with Crippen LogP contribution < -0.4 is 10.3 Å². The van der Waals surface area contributed by atoms with Crippen molar-refractivity contribution in [3.63, 3.8) is 0 Å². The summed E-state index contributed by atoms with van der Waals surface area (Å²) < 4.78 is 12.8. The molecule has 0 saturated carbocycles. The predicted molar refractivity (Wildman–Crippen MR) is 122 cm³/mol. The molecular weight excluding hydrogens is 432 g/mol. The van der Waals surface area contributed by atoms with Gasteiger partial charge in [-0.05, 0) is 62.4 Å². The fraction of sp³-hybridized carbons (Fsp3) is 0.364. The van der Waals surface area contributed by atoms with Crippen molar-refractivity contribution in [2.75, 3.05) is 6.61 Å². The number of hydrogen-bond donors (Lipinski definition) is 0. The first-order valence-corrected chi connectivity index (χ1v) is 12.2. The molecule has 4 aromatic rings. The van der Waals surface area contributed by atoms with E-state index in [1.807, 2.05) is 31.2 Å². The van der Waals surface area contributed by atoms with Crippen molar-refractivity contribution in [3.8, 4) is 11.4 Å². The SMILES string of the molecule is CCOc1ccc(-n2c(SCc3nnc(C)o3)nc3sc4c(c3c2=O)CCCC4)cc1. The fourth-order valence-electron chi connectivity index (χ4n) is 3.89. The van der Waals surface area contributed by atoms with E-state index in [9.17, 15) is 4.79 Å². The van der Waals surface area contributed by atoms with Crippen LogP contribution in [0.3, 0.4) is 0 Å². The first-order valence-electron chi connectivity index (χ1n) is 10.4. The maximum Gasteiger partial charge on any atom is 0.267 e. The molecule has 0 bridgehead atoms. The zero-order valence-electron chi connectivity index (χ0n) is 17.4. The minimum Gasteiger partial charge on any atom is -0.494 e. The number of fused-ring (bicyclic) bond motifs is 3. The van der Waals surface area contributed by atoms with Gasteiger partial charge in [-0.15, -0.1) is 21.5 Å². The third-order valence-corrected chi connectivity index (χ3v) is 7.37. The van der Waals surface area contributed by atoms with E-state index in [1.165, 1.54) is 28.6 Å². The molecule has 5 rings (SSSR count). The van der Waals surface area contributed by atoms with E-state index >= 15 is 0 Å². The van der Waals surface area contributed by atoms with Gasteiger partial charge in [-0.25, -0.2) is 4.98 Å². The van der Waals surface area contributed by atoms with Gasteiger partial charge in [0.15, 0.2) is 5.16 Å². The fourth-order valence-corrected chi connectivity index (χ4v) is 6.04. The second-order valence-electron chi connectivity index (χ2n) is 7.36. The molecule has 0 aliphatic heterocycles. The van der Waals surface area contributed by atoms with E-state index in [4.69, 9.17) is 14.1 Å². The normalized spacial score (nSPS) is 13.5. The van der Waals surface area contributed by atoms with Crippen molar-refractivity contribution >= 4 is 33.3 Å². The van der Waals surface area contributed by atoms with Gasteiger partial charge >= 0.3 is 0 Å². The van der Waals surface area contributed by atoms with Crippen LogP contribution >= 0.6 is 23.1 Å². The lowest BCUT2D eigenvalue weighted by molar-refractivity contribution is 0.340. The third-order valence-electron chi connectivity index (χ3n) is 5.26. The highest BCUT2D eigenvalue weighted by Crippen LogP contribution is 2.35. The highest BCUT2D eigenvalue weighted by Gasteiger charge is 2.23. The number of rotatable bonds is 6. The molecule has 7 nitrogen and oxygen atoms in total. The Balaban J connectivity index is 1.63. The standard InChI is InChI=1S/C22H22N4O3S2/c1-3-28-15-10-8-14(9-11-15)26-21(27)19-16-6-4-5-7-17(16)31-20(19)23-22(26)30-12-18-25-24-13(2)29-18/h8-11H,3-7,12H2,1-2H3. The number of benzene rings is 1. The Kier molecular flexibility index (Phi) is 5.54. The van der Waals surface area contributed by atoms with Crippen LogP contribution in [0.1, 0.15) is 42.0 Å². The van der Waals surface area contributed by atoms with Gasteiger partial charge in [0.2, 0.25) is 11.8 Å². The highest BCUT2D eigenvalue weighted by molar-refractivity contribution is 7.98. The molecular formula is C22H22N4O3S2. The Morgan fingerprint density at radius 3 is 2.74 bits per heavy atom. The molecule has 0 amide bonds. The number of ether oxygens (including phenoxy) is 1. The van der Waals surface area contributed by atoms with Crippen LogP contribution in [0.4, 0.5) is 0 Å². The van der Waals surface area contributed by atoms with Crippen molar-refractivity contribution < 1.29 is 9.15 Å². The average Bonchev–Trinajstić information content (AvgIpc) is 3.36. The number of aryl methyl sites for hydroxylation is 3. The minimum absolute atomic E-state index is 0.0160. The molecule has 9 heteroatoms.